The Morgan fingerprint density at radius 2 is 2.43 bits per heavy atom. The Bertz CT molecular complexity index is 291. The summed E-state index contributed by atoms with van der Waals surface area (Å²) in [5.74, 6) is 0.828. The quantitative estimate of drug-likeness (QED) is 0.559. The molecule has 0 spiro atoms. The third kappa shape index (κ3) is 3.36. The fourth-order valence-corrected chi connectivity index (χ4v) is 1.09. The molecule has 0 amide bonds. The lowest BCUT2D eigenvalue weighted by Gasteiger charge is -2.03. The molecular formula is C11H17NO2. The zero-order valence-electron chi connectivity index (χ0n) is 8.58. The van der Waals surface area contributed by atoms with Gasteiger partial charge in [-0.05, 0) is 19.4 Å². The first-order valence-corrected chi connectivity index (χ1v) is 4.71. The summed E-state index contributed by atoms with van der Waals surface area (Å²) >= 11 is 0. The molecule has 0 aliphatic heterocycles. The van der Waals surface area contributed by atoms with Gasteiger partial charge in [0.25, 0.3) is 0 Å². The summed E-state index contributed by atoms with van der Waals surface area (Å²) in [7, 11) is 0. The molecule has 0 radical (unpaired) electrons. The SMILES string of the molecule is C=C(C)CCOCc1occc1CN. The molecule has 14 heavy (non-hydrogen) atoms. The van der Waals surface area contributed by atoms with Gasteiger partial charge in [-0.2, -0.15) is 0 Å². The van der Waals surface area contributed by atoms with E-state index in [4.69, 9.17) is 14.9 Å². The summed E-state index contributed by atoms with van der Waals surface area (Å²) < 4.78 is 10.7. The maximum atomic E-state index is 5.52. The van der Waals surface area contributed by atoms with Crippen molar-refractivity contribution in [2.24, 2.45) is 5.73 Å². The molecule has 0 saturated heterocycles. The summed E-state index contributed by atoms with van der Waals surface area (Å²) in [6.45, 7) is 7.46. The zero-order chi connectivity index (χ0) is 10.4. The highest BCUT2D eigenvalue weighted by atomic mass is 16.5. The van der Waals surface area contributed by atoms with Gasteiger partial charge in [-0.1, -0.05) is 5.57 Å². The second-order valence-electron chi connectivity index (χ2n) is 3.33. The molecule has 0 bridgehead atoms. The van der Waals surface area contributed by atoms with Gasteiger partial charge in [0.2, 0.25) is 0 Å². The lowest BCUT2D eigenvalue weighted by atomic mass is 10.2. The van der Waals surface area contributed by atoms with E-state index in [1.165, 1.54) is 0 Å². The van der Waals surface area contributed by atoms with Gasteiger partial charge in [0.05, 0.1) is 12.9 Å². The molecule has 3 nitrogen and oxygen atoms in total. The molecule has 0 aromatic carbocycles. The topological polar surface area (TPSA) is 48.4 Å². The van der Waals surface area contributed by atoms with E-state index < -0.39 is 0 Å². The molecule has 1 aromatic heterocycles. The van der Waals surface area contributed by atoms with Crippen LogP contribution in [0.2, 0.25) is 0 Å². The molecule has 0 fully saturated rings. The number of ether oxygens (including phenoxy) is 1. The van der Waals surface area contributed by atoms with E-state index in [2.05, 4.69) is 6.58 Å². The minimum atomic E-state index is 0.493. The van der Waals surface area contributed by atoms with Crippen LogP contribution < -0.4 is 5.73 Å². The fraction of sp³-hybridized carbons (Fsp3) is 0.455. The van der Waals surface area contributed by atoms with E-state index in [1.54, 1.807) is 6.26 Å². The van der Waals surface area contributed by atoms with Crippen LogP contribution in [0, 0.1) is 0 Å². The Kier molecular flexibility index (Phi) is 4.43. The second kappa shape index (κ2) is 5.62. The van der Waals surface area contributed by atoms with Gasteiger partial charge in [0.15, 0.2) is 0 Å². The number of nitrogens with two attached hydrogens (primary N) is 1. The van der Waals surface area contributed by atoms with Crippen LogP contribution in [0.1, 0.15) is 24.7 Å². The molecule has 1 aromatic rings. The van der Waals surface area contributed by atoms with Gasteiger partial charge in [-0.25, -0.2) is 0 Å². The average molecular weight is 195 g/mol. The van der Waals surface area contributed by atoms with Crippen molar-refractivity contribution >= 4 is 0 Å². The first-order valence-electron chi connectivity index (χ1n) is 4.71. The van der Waals surface area contributed by atoms with Gasteiger partial charge < -0.3 is 14.9 Å². The maximum Gasteiger partial charge on any atom is 0.133 e. The van der Waals surface area contributed by atoms with Crippen LogP contribution in [0.25, 0.3) is 0 Å². The predicted molar refractivity (Wildman–Crippen MR) is 55.7 cm³/mol. The standard InChI is InChI=1S/C11H17NO2/c1-9(2)3-5-13-8-11-10(7-12)4-6-14-11/h4,6H,1,3,5,7-8,12H2,2H3. The molecule has 3 heteroatoms. The Balaban J connectivity index is 2.27. The highest BCUT2D eigenvalue weighted by Crippen LogP contribution is 2.11. The first-order chi connectivity index (χ1) is 6.74. The molecule has 0 atom stereocenters. The fourth-order valence-electron chi connectivity index (χ4n) is 1.09. The van der Waals surface area contributed by atoms with Crippen molar-refractivity contribution in [2.45, 2.75) is 26.5 Å². The summed E-state index contributed by atoms with van der Waals surface area (Å²) in [6.07, 6.45) is 2.53. The average Bonchev–Trinajstić information content (AvgIpc) is 2.59. The van der Waals surface area contributed by atoms with Crippen LogP contribution >= 0.6 is 0 Å². The van der Waals surface area contributed by atoms with Crippen molar-refractivity contribution in [2.75, 3.05) is 6.61 Å². The number of hydrogen-bond acceptors (Lipinski definition) is 3. The van der Waals surface area contributed by atoms with E-state index in [0.717, 1.165) is 23.3 Å². The molecule has 1 heterocycles. The molecular weight excluding hydrogens is 178 g/mol. The van der Waals surface area contributed by atoms with Crippen molar-refractivity contribution < 1.29 is 9.15 Å². The summed E-state index contributed by atoms with van der Waals surface area (Å²) in [5, 5.41) is 0. The van der Waals surface area contributed by atoms with Gasteiger partial charge >= 0.3 is 0 Å². The Labute approximate surface area is 84.5 Å². The normalized spacial score (nSPS) is 10.4. The largest absolute Gasteiger partial charge is 0.467 e. The zero-order valence-corrected chi connectivity index (χ0v) is 8.58. The van der Waals surface area contributed by atoms with Gasteiger partial charge in [-0.3, -0.25) is 0 Å². The van der Waals surface area contributed by atoms with Crippen molar-refractivity contribution in [1.29, 1.82) is 0 Å². The number of rotatable bonds is 6. The molecule has 78 valence electrons. The minimum Gasteiger partial charge on any atom is -0.467 e. The molecule has 0 saturated carbocycles. The van der Waals surface area contributed by atoms with Crippen molar-refractivity contribution in [3.05, 3.63) is 35.8 Å². The van der Waals surface area contributed by atoms with Gasteiger partial charge in [0, 0.05) is 12.1 Å². The third-order valence-electron chi connectivity index (χ3n) is 1.96. The van der Waals surface area contributed by atoms with Crippen LogP contribution in [0.3, 0.4) is 0 Å². The molecule has 1 rings (SSSR count). The smallest absolute Gasteiger partial charge is 0.133 e. The van der Waals surface area contributed by atoms with Crippen molar-refractivity contribution in [1.82, 2.24) is 0 Å². The predicted octanol–water partition coefficient (Wildman–Crippen LogP) is 2.22. The third-order valence-corrected chi connectivity index (χ3v) is 1.96. The lowest BCUT2D eigenvalue weighted by molar-refractivity contribution is 0.108. The summed E-state index contributed by atoms with van der Waals surface area (Å²) in [4.78, 5) is 0. The minimum absolute atomic E-state index is 0.493. The van der Waals surface area contributed by atoms with E-state index in [-0.39, 0.29) is 0 Å². The Morgan fingerprint density at radius 1 is 1.64 bits per heavy atom. The van der Waals surface area contributed by atoms with Gasteiger partial charge in [-0.15, -0.1) is 6.58 Å². The van der Waals surface area contributed by atoms with Crippen LogP contribution in [-0.4, -0.2) is 6.61 Å². The van der Waals surface area contributed by atoms with E-state index >= 15 is 0 Å². The molecule has 0 aliphatic rings. The Morgan fingerprint density at radius 3 is 3.07 bits per heavy atom. The Hall–Kier alpha value is -1.06. The highest BCUT2D eigenvalue weighted by molar-refractivity contribution is 5.15. The molecule has 0 unspecified atom stereocenters. The van der Waals surface area contributed by atoms with Crippen LogP contribution in [0.4, 0.5) is 0 Å². The molecule has 0 aliphatic carbocycles. The maximum absolute atomic E-state index is 5.52. The van der Waals surface area contributed by atoms with E-state index in [0.29, 0.717) is 19.8 Å². The summed E-state index contributed by atoms with van der Waals surface area (Å²) in [5.41, 5.74) is 7.66. The number of furan rings is 1. The monoisotopic (exact) mass is 195 g/mol. The first kappa shape index (κ1) is 11.0. The van der Waals surface area contributed by atoms with E-state index in [9.17, 15) is 0 Å². The van der Waals surface area contributed by atoms with Crippen molar-refractivity contribution in [3.8, 4) is 0 Å². The van der Waals surface area contributed by atoms with Gasteiger partial charge in [0.1, 0.15) is 12.4 Å². The van der Waals surface area contributed by atoms with Crippen LogP contribution in [0.15, 0.2) is 28.9 Å². The van der Waals surface area contributed by atoms with Crippen LogP contribution in [0.5, 0.6) is 0 Å². The highest BCUT2D eigenvalue weighted by Gasteiger charge is 2.03. The van der Waals surface area contributed by atoms with Crippen molar-refractivity contribution in [3.63, 3.8) is 0 Å². The second-order valence-corrected chi connectivity index (χ2v) is 3.33. The number of hydrogen-bond donors (Lipinski definition) is 1. The van der Waals surface area contributed by atoms with E-state index in [1.807, 2.05) is 13.0 Å². The summed E-state index contributed by atoms with van der Waals surface area (Å²) in [6, 6.07) is 1.87. The lowest BCUT2D eigenvalue weighted by Crippen LogP contribution is -2.01. The molecule has 2 N–H and O–H groups in total. The van der Waals surface area contributed by atoms with Crippen LogP contribution in [-0.2, 0) is 17.9 Å².